The summed E-state index contributed by atoms with van der Waals surface area (Å²) in [6.45, 7) is 1.95. The molecule has 4 atom stereocenters. The molecule has 2 aliphatic rings. The lowest BCUT2D eigenvalue weighted by molar-refractivity contribution is -0.147. The molecule has 0 N–H and O–H groups in total. The molecule has 1 aliphatic heterocycles. The molecule has 1 heterocycles. The zero-order chi connectivity index (χ0) is 12.6. The number of likely N-dealkylation sites (tertiary alicyclic amines) is 1. The molecule has 5 heteroatoms. The van der Waals surface area contributed by atoms with Crippen molar-refractivity contribution in [1.29, 1.82) is 0 Å². The first-order valence-electron chi connectivity index (χ1n) is 5.55. The molecule has 2 bridgehead atoms. The third-order valence-electron chi connectivity index (χ3n) is 3.53. The van der Waals surface area contributed by atoms with Crippen LogP contribution in [-0.2, 0) is 14.3 Å². The van der Waals surface area contributed by atoms with Crippen LogP contribution in [0.2, 0.25) is 0 Å². The first kappa shape index (κ1) is 11.9. The standard InChI is InChI=1S/C12H14FNO3/c1-3-4-9(15)14-6-7-5-8(13)11(14)10(7)12(16)17-2/h7-8,10-11H,5-6H2,1-2H3/t7-,8-,10-,11-/m1/s1. The molecule has 2 fully saturated rings. The zero-order valence-corrected chi connectivity index (χ0v) is 9.77. The lowest BCUT2D eigenvalue weighted by atomic mass is 9.99. The predicted octanol–water partition coefficient (Wildman–Crippen LogP) is 0.368. The maximum absolute atomic E-state index is 13.8. The van der Waals surface area contributed by atoms with Crippen LogP contribution in [0.4, 0.5) is 4.39 Å². The van der Waals surface area contributed by atoms with Crippen LogP contribution in [0, 0.1) is 23.7 Å². The van der Waals surface area contributed by atoms with Crippen molar-refractivity contribution in [3.63, 3.8) is 0 Å². The number of nitrogens with zero attached hydrogens (tertiary/aromatic N) is 1. The van der Waals surface area contributed by atoms with Gasteiger partial charge < -0.3 is 9.64 Å². The first-order chi connectivity index (χ1) is 8.10. The zero-order valence-electron chi connectivity index (χ0n) is 9.77. The third-order valence-corrected chi connectivity index (χ3v) is 3.53. The second-order valence-electron chi connectivity index (χ2n) is 4.38. The fourth-order valence-corrected chi connectivity index (χ4v) is 2.90. The fourth-order valence-electron chi connectivity index (χ4n) is 2.90. The monoisotopic (exact) mass is 239 g/mol. The number of carbonyl (C=O) groups excluding carboxylic acids is 2. The Balaban J connectivity index is 2.22. The van der Waals surface area contributed by atoms with Crippen LogP contribution in [0.25, 0.3) is 0 Å². The van der Waals surface area contributed by atoms with Gasteiger partial charge in [0.05, 0.1) is 19.1 Å². The Hall–Kier alpha value is -1.57. The van der Waals surface area contributed by atoms with E-state index >= 15 is 0 Å². The average molecular weight is 239 g/mol. The van der Waals surface area contributed by atoms with Crippen molar-refractivity contribution in [3.05, 3.63) is 0 Å². The minimum atomic E-state index is -1.15. The fraction of sp³-hybridized carbons (Fsp3) is 0.667. The van der Waals surface area contributed by atoms with Gasteiger partial charge >= 0.3 is 5.97 Å². The number of esters is 1. The molecular formula is C12H14FNO3. The number of alkyl halides is 1. The molecule has 0 unspecified atom stereocenters. The van der Waals surface area contributed by atoms with Gasteiger partial charge in [-0.3, -0.25) is 9.59 Å². The van der Waals surface area contributed by atoms with Gasteiger partial charge in [0, 0.05) is 6.54 Å². The normalized spacial score (nSPS) is 34.2. The van der Waals surface area contributed by atoms with E-state index < -0.39 is 30.0 Å². The molecule has 0 aromatic rings. The van der Waals surface area contributed by atoms with E-state index in [0.29, 0.717) is 13.0 Å². The predicted molar refractivity (Wildman–Crippen MR) is 57.5 cm³/mol. The summed E-state index contributed by atoms with van der Waals surface area (Å²) in [4.78, 5) is 24.6. The number of carbonyl (C=O) groups is 2. The van der Waals surface area contributed by atoms with Crippen molar-refractivity contribution in [2.24, 2.45) is 11.8 Å². The van der Waals surface area contributed by atoms with Crippen LogP contribution in [0.3, 0.4) is 0 Å². The van der Waals surface area contributed by atoms with E-state index in [-0.39, 0.29) is 5.92 Å². The SMILES string of the molecule is CC#CC(=O)N1C[C@H]2C[C@@H](F)[C@@H]1[C@@H]2C(=O)OC. The van der Waals surface area contributed by atoms with Gasteiger partial charge in [0.15, 0.2) is 0 Å². The number of hydrogen-bond acceptors (Lipinski definition) is 3. The second-order valence-corrected chi connectivity index (χ2v) is 4.38. The highest BCUT2D eigenvalue weighted by molar-refractivity contribution is 5.94. The van der Waals surface area contributed by atoms with Gasteiger partial charge in [-0.25, -0.2) is 4.39 Å². The van der Waals surface area contributed by atoms with Crippen LogP contribution < -0.4 is 0 Å². The lowest BCUT2D eigenvalue weighted by Gasteiger charge is -2.27. The molecule has 0 spiro atoms. The molecule has 17 heavy (non-hydrogen) atoms. The molecule has 1 aliphatic carbocycles. The highest BCUT2D eigenvalue weighted by atomic mass is 19.1. The van der Waals surface area contributed by atoms with Crippen molar-refractivity contribution in [2.75, 3.05) is 13.7 Å². The topological polar surface area (TPSA) is 46.6 Å². The van der Waals surface area contributed by atoms with Gasteiger partial charge in [0.25, 0.3) is 5.91 Å². The van der Waals surface area contributed by atoms with Gasteiger partial charge in [-0.1, -0.05) is 5.92 Å². The number of hydrogen-bond donors (Lipinski definition) is 0. The Morgan fingerprint density at radius 3 is 2.76 bits per heavy atom. The Bertz CT molecular complexity index is 412. The number of ether oxygens (including phenoxy) is 1. The Morgan fingerprint density at radius 2 is 2.18 bits per heavy atom. The van der Waals surface area contributed by atoms with E-state index in [9.17, 15) is 14.0 Å². The summed E-state index contributed by atoms with van der Waals surface area (Å²) in [5.41, 5.74) is 0. The number of amides is 1. The third kappa shape index (κ3) is 1.78. The Morgan fingerprint density at radius 1 is 1.47 bits per heavy atom. The summed E-state index contributed by atoms with van der Waals surface area (Å²) in [6, 6.07) is -0.694. The summed E-state index contributed by atoms with van der Waals surface area (Å²) in [5.74, 6) is 3.38. The van der Waals surface area contributed by atoms with E-state index in [0.717, 1.165) is 0 Å². The van der Waals surface area contributed by atoms with Gasteiger partial charge in [-0.05, 0) is 25.2 Å². The maximum atomic E-state index is 13.8. The quantitative estimate of drug-likeness (QED) is 0.490. The van der Waals surface area contributed by atoms with Crippen molar-refractivity contribution >= 4 is 11.9 Å². The number of methoxy groups -OCH3 is 1. The van der Waals surface area contributed by atoms with E-state index in [4.69, 9.17) is 0 Å². The largest absolute Gasteiger partial charge is 0.469 e. The summed E-state index contributed by atoms with van der Waals surface area (Å²) < 4.78 is 18.4. The molecule has 2 rings (SSSR count). The van der Waals surface area contributed by atoms with Crippen molar-refractivity contribution in [3.8, 4) is 11.8 Å². The first-order valence-corrected chi connectivity index (χ1v) is 5.55. The van der Waals surface area contributed by atoms with Crippen LogP contribution in [0.5, 0.6) is 0 Å². The Kier molecular flexibility index (Phi) is 3.05. The molecular weight excluding hydrogens is 225 g/mol. The van der Waals surface area contributed by atoms with Crippen molar-refractivity contribution in [2.45, 2.75) is 25.6 Å². The molecule has 1 saturated carbocycles. The molecule has 0 radical (unpaired) electrons. The maximum Gasteiger partial charge on any atom is 0.311 e. The van der Waals surface area contributed by atoms with Crippen LogP contribution >= 0.6 is 0 Å². The molecule has 4 nitrogen and oxygen atoms in total. The molecule has 1 amide bonds. The molecule has 92 valence electrons. The summed E-state index contributed by atoms with van der Waals surface area (Å²) in [6.07, 6.45) is -0.825. The van der Waals surface area contributed by atoms with Crippen molar-refractivity contribution in [1.82, 2.24) is 4.90 Å². The van der Waals surface area contributed by atoms with E-state index in [1.807, 2.05) is 0 Å². The van der Waals surface area contributed by atoms with E-state index in [1.54, 1.807) is 6.92 Å². The van der Waals surface area contributed by atoms with Crippen LogP contribution in [-0.4, -0.2) is 42.6 Å². The average Bonchev–Trinajstić information content (AvgIpc) is 2.82. The smallest absolute Gasteiger partial charge is 0.311 e. The Labute approximate surface area is 99.1 Å². The van der Waals surface area contributed by atoms with Gasteiger partial charge in [-0.15, -0.1) is 0 Å². The highest BCUT2D eigenvalue weighted by Crippen LogP contribution is 2.44. The minimum absolute atomic E-state index is 0.134. The van der Waals surface area contributed by atoms with Crippen LogP contribution in [0.1, 0.15) is 13.3 Å². The minimum Gasteiger partial charge on any atom is -0.469 e. The van der Waals surface area contributed by atoms with E-state index in [1.165, 1.54) is 12.0 Å². The molecule has 1 saturated heterocycles. The summed E-state index contributed by atoms with van der Waals surface area (Å²) >= 11 is 0. The number of fused-ring (bicyclic) bond motifs is 2. The summed E-state index contributed by atoms with van der Waals surface area (Å²) in [7, 11) is 1.28. The van der Waals surface area contributed by atoms with Crippen molar-refractivity contribution < 1.29 is 18.7 Å². The highest BCUT2D eigenvalue weighted by Gasteiger charge is 2.57. The second kappa shape index (κ2) is 4.36. The molecule has 0 aromatic heterocycles. The van der Waals surface area contributed by atoms with Crippen LogP contribution in [0.15, 0.2) is 0 Å². The molecule has 0 aromatic carbocycles. The summed E-state index contributed by atoms with van der Waals surface area (Å²) in [5, 5.41) is 0. The van der Waals surface area contributed by atoms with E-state index in [2.05, 4.69) is 16.6 Å². The van der Waals surface area contributed by atoms with Gasteiger partial charge in [0.2, 0.25) is 0 Å². The number of piperidine rings is 1. The number of rotatable bonds is 1. The number of halogens is 1. The lowest BCUT2D eigenvalue weighted by Crippen LogP contribution is -2.44. The van der Waals surface area contributed by atoms with Gasteiger partial charge in [0.1, 0.15) is 6.17 Å². The van der Waals surface area contributed by atoms with Gasteiger partial charge in [-0.2, -0.15) is 0 Å².